The lowest BCUT2D eigenvalue weighted by atomic mass is 10.3. The molecule has 1 aliphatic rings. The Balaban J connectivity index is 2.28. The zero-order valence-corrected chi connectivity index (χ0v) is 6.80. The molecule has 1 saturated heterocycles. The first-order chi connectivity index (χ1) is 5.64. The van der Waals surface area contributed by atoms with E-state index in [-0.39, 0.29) is 6.54 Å². The maximum Gasteiger partial charge on any atom is 0.283 e. The Morgan fingerprint density at radius 1 is 1.33 bits per heavy atom. The van der Waals surface area contributed by atoms with E-state index in [2.05, 4.69) is 0 Å². The Labute approximate surface area is 69.9 Å². The highest BCUT2D eigenvalue weighted by Gasteiger charge is 2.31. The lowest BCUT2D eigenvalue weighted by Crippen LogP contribution is -2.44. The van der Waals surface area contributed by atoms with Crippen LogP contribution in [0.15, 0.2) is 0 Å². The molecule has 1 rings (SSSR count). The lowest BCUT2D eigenvalue weighted by Gasteiger charge is -2.29. The fraction of sp³-hybridized carbons (Fsp3) is 1.00. The van der Waals surface area contributed by atoms with Crippen molar-refractivity contribution < 1.29 is 18.6 Å². The summed E-state index contributed by atoms with van der Waals surface area (Å²) < 4.78 is 30.2. The Morgan fingerprint density at radius 2 is 1.92 bits per heavy atom. The standard InChI is InChI=1S/C7H13F2NO2/c8-7(9,6-11)5-10-1-3-12-4-2-10/h11H,1-6H2. The third-order valence-corrected chi connectivity index (χ3v) is 1.79. The molecule has 5 heteroatoms. The summed E-state index contributed by atoms with van der Waals surface area (Å²) in [6.07, 6.45) is 0. The molecule has 1 fully saturated rings. The van der Waals surface area contributed by atoms with E-state index in [1.54, 1.807) is 4.90 Å². The van der Waals surface area contributed by atoms with Crippen LogP contribution in [0.2, 0.25) is 0 Å². The van der Waals surface area contributed by atoms with Crippen LogP contribution in [0.25, 0.3) is 0 Å². The SMILES string of the molecule is OCC(F)(F)CN1CCOCC1. The maximum atomic E-state index is 12.6. The average Bonchev–Trinajstić information content (AvgIpc) is 2.06. The van der Waals surface area contributed by atoms with E-state index in [0.29, 0.717) is 26.3 Å². The van der Waals surface area contributed by atoms with Gasteiger partial charge in [0.2, 0.25) is 0 Å². The normalized spacial score (nSPS) is 21.2. The molecule has 0 saturated carbocycles. The first-order valence-electron chi connectivity index (χ1n) is 3.93. The summed E-state index contributed by atoms with van der Waals surface area (Å²) in [5.74, 6) is -2.97. The summed E-state index contributed by atoms with van der Waals surface area (Å²) in [6.45, 7) is 0.603. The van der Waals surface area contributed by atoms with Crippen LogP contribution >= 0.6 is 0 Å². The summed E-state index contributed by atoms with van der Waals surface area (Å²) in [4.78, 5) is 1.60. The third-order valence-electron chi connectivity index (χ3n) is 1.79. The molecule has 1 N–H and O–H groups in total. The molecule has 0 aromatic carbocycles. The van der Waals surface area contributed by atoms with Crippen molar-refractivity contribution in [2.45, 2.75) is 5.92 Å². The lowest BCUT2D eigenvalue weighted by molar-refractivity contribution is -0.0871. The Hall–Kier alpha value is -0.260. The molecular formula is C7H13F2NO2. The van der Waals surface area contributed by atoms with Gasteiger partial charge in [-0.3, -0.25) is 4.90 Å². The van der Waals surface area contributed by atoms with E-state index in [9.17, 15) is 8.78 Å². The molecule has 0 radical (unpaired) electrons. The van der Waals surface area contributed by atoms with Crippen molar-refractivity contribution in [2.24, 2.45) is 0 Å². The summed E-state index contributed by atoms with van der Waals surface area (Å²) in [5.41, 5.74) is 0. The van der Waals surface area contributed by atoms with Crippen LogP contribution in [0.5, 0.6) is 0 Å². The molecule has 72 valence electrons. The second-order valence-electron chi connectivity index (χ2n) is 2.90. The number of rotatable bonds is 3. The number of ether oxygens (including phenoxy) is 1. The van der Waals surface area contributed by atoms with Gasteiger partial charge < -0.3 is 9.84 Å². The van der Waals surface area contributed by atoms with E-state index < -0.39 is 12.5 Å². The summed E-state index contributed by atoms with van der Waals surface area (Å²) in [7, 11) is 0. The number of hydrogen-bond donors (Lipinski definition) is 1. The van der Waals surface area contributed by atoms with E-state index in [1.807, 2.05) is 0 Å². The van der Waals surface area contributed by atoms with Gasteiger partial charge in [-0.15, -0.1) is 0 Å². The number of nitrogens with zero attached hydrogens (tertiary/aromatic N) is 1. The smallest absolute Gasteiger partial charge is 0.283 e. The van der Waals surface area contributed by atoms with E-state index >= 15 is 0 Å². The molecule has 3 nitrogen and oxygen atoms in total. The second kappa shape index (κ2) is 4.11. The molecule has 0 aliphatic carbocycles. The Bertz CT molecular complexity index is 137. The van der Waals surface area contributed by atoms with Crippen molar-refractivity contribution in [1.82, 2.24) is 4.90 Å². The number of halogens is 2. The molecule has 0 aromatic heterocycles. The quantitative estimate of drug-likeness (QED) is 0.662. The van der Waals surface area contributed by atoms with Gasteiger partial charge in [-0.25, -0.2) is 8.78 Å². The third kappa shape index (κ3) is 3.00. The minimum absolute atomic E-state index is 0.368. The second-order valence-corrected chi connectivity index (χ2v) is 2.90. The van der Waals surface area contributed by atoms with Gasteiger partial charge in [0, 0.05) is 13.1 Å². The molecule has 0 atom stereocenters. The molecule has 0 amide bonds. The Morgan fingerprint density at radius 3 is 2.42 bits per heavy atom. The monoisotopic (exact) mass is 181 g/mol. The van der Waals surface area contributed by atoms with Crippen molar-refractivity contribution in [2.75, 3.05) is 39.5 Å². The highest BCUT2D eigenvalue weighted by Crippen LogP contribution is 2.14. The minimum atomic E-state index is -2.97. The number of morpholine rings is 1. The predicted octanol–water partition coefficient (Wildman–Crippen LogP) is -0.0538. The topological polar surface area (TPSA) is 32.7 Å². The highest BCUT2D eigenvalue weighted by atomic mass is 19.3. The number of aliphatic hydroxyl groups excluding tert-OH is 1. The van der Waals surface area contributed by atoms with E-state index in [1.165, 1.54) is 0 Å². The maximum absolute atomic E-state index is 12.6. The first-order valence-corrected chi connectivity index (χ1v) is 3.93. The van der Waals surface area contributed by atoms with Crippen LogP contribution < -0.4 is 0 Å². The number of alkyl halides is 2. The Kier molecular flexibility index (Phi) is 3.37. The summed E-state index contributed by atoms with van der Waals surface area (Å²) in [5, 5.41) is 8.32. The first kappa shape index (κ1) is 9.83. The van der Waals surface area contributed by atoms with Gasteiger partial charge in [0.1, 0.15) is 6.61 Å². The van der Waals surface area contributed by atoms with Crippen LogP contribution in [-0.4, -0.2) is 55.4 Å². The van der Waals surface area contributed by atoms with Crippen molar-refractivity contribution in [3.05, 3.63) is 0 Å². The van der Waals surface area contributed by atoms with Crippen LogP contribution in [0.3, 0.4) is 0 Å². The highest BCUT2D eigenvalue weighted by molar-refractivity contribution is 4.72. The summed E-state index contributed by atoms with van der Waals surface area (Å²) in [6, 6.07) is 0. The van der Waals surface area contributed by atoms with Crippen molar-refractivity contribution in [3.8, 4) is 0 Å². The zero-order valence-electron chi connectivity index (χ0n) is 6.80. The fourth-order valence-corrected chi connectivity index (χ4v) is 1.14. The van der Waals surface area contributed by atoms with Crippen LogP contribution in [-0.2, 0) is 4.74 Å². The molecule has 0 aromatic rings. The zero-order chi connectivity index (χ0) is 9.03. The fourth-order valence-electron chi connectivity index (χ4n) is 1.14. The van der Waals surface area contributed by atoms with E-state index in [4.69, 9.17) is 9.84 Å². The van der Waals surface area contributed by atoms with Gasteiger partial charge >= 0.3 is 0 Å². The van der Waals surface area contributed by atoms with Crippen LogP contribution in [0.4, 0.5) is 8.78 Å². The van der Waals surface area contributed by atoms with Crippen LogP contribution in [0, 0.1) is 0 Å². The van der Waals surface area contributed by atoms with Crippen molar-refractivity contribution in [3.63, 3.8) is 0 Å². The van der Waals surface area contributed by atoms with Gasteiger partial charge in [-0.2, -0.15) is 0 Å². The molecular weight excluding hydrogens is 168 g/mol. The molecule has 0 unspecified atom stereocenters. The molecule has 1 heterocycles. The van der Waals surface area contributed by atoms with Gasteiger partial charge in [0.15, 0.2) is 0 Å². The van der Waals surface area contributed by atoms with Crippen molar-refractivity contribution in [1.29, 1.82) is 0 Å². The van der Waals surface area contributed by atoms with Gasteiger partial charge in [0.05, 0.1) is 19.8 Å². The molecule has 0 bridgehead atoms. The van der Waals surface area contributed by atoms with Crippen LogP contribution in [0.1, 0.15) is 0 Å². The molecule has 1 aliphatic heterocycles. The molecule has 0 spiro atoms. The van der Waals surface area contributed by atoms with Gasteiger partial charge in [-0.05, 0) is 0 Å². The largest absolute Gasteiger partial charge is 0.390 e. The number of aliphatic hydroxyl groups is 1. The van der Waals surface area contributed by atoms with Crippen molar-refractivity contribution >= 4 is 0 Å². The summed E-state index contributed by atoms with van der Waals surface area (Å²) >= 11 is 0. The predicted molar refractivity (Wildman–Crippen MR) is 39.3 cm³/mol. The van der Waals surface area contributed by atoms with E-state index in [0.717, 1.165) is 0 Å². The average molecular weight is 181 g/mol. The number of hydrogen-bond acceptors (Lipinski definition) is 3. The van der Waals surface area contributed by atoms with Gasteiger partial charge in [-0.1, -0.05) is 0 Å². The minimum Gasteiger partial charge on any atom is -0.390 e. The van der Waals surface area contributed by atoms with Gasteiger partial charge in [0.25, 0.3) is 5.92 Å². The molecule has 12 heavy (non-hydrogen) atoms.